The van der Waals surface area contributed by atoms with Gasteiger partial charge in [0, 0.05) is 22.9 Å². The highest BCUT2D eigenvalue weighted by molar-refractivity contribution is 7.94. The SMILES string of the molecule is O=C(Cc1ccc(NS(=O)(=O)c2cccs2)cc1)Nc1ccc(-c2n[nH]c(C3CC3)n2)cc1. The van der Waals surface area contributed by atoms with Crippen LogP contribution >= 0.6 is 11.3 Å². The summed E-state index contributed by atoms with van der Waals surface area (Å²) in [6.45, 7) is 0. The summed E-state index contributed by atoms with van der Waals surface area (Å²) >= 11 is 1.15. The molecule has 33 heavy (non-hydrogen) atoms. The van der Waals surface area contributed by atoms with Crippen LogP contribution in [-0.4, -0.2) is 29.5 Å². The third-order valence-corrected chi connectivity index (χ3v) is 8.00. The molecule has 1 amide bonds. The Kier molecular flexibility index (Phi) is 5.69. The molecular weight excluding hydrogens is 458 g/mol. The van der Waals surface area contributed by atoms with Crippen LogP contribution in [0.5, 0.6) is 0 Å². The molecule has 0 saturated heterocycles. The molecule has 0 radical (unpaired) electrons. The first-order chi connectivity index (χ1) is 16.0. The van der Waals surface area contributed by atoms with Crippen molar-refractivity contribution in [2.45, 2.75) is 29.4 Å². The average molecular weight is 480 g/mol. The highest BCUT2D eigenvalue weighted by Crippen LogP contribution is 2.38. The molecule has 8 nitrogen and oxygen atoms in total. The standard InChI is InChI=1S/C23H21N5O3S2/c29-20(14-15-3-9-19(10-4-15)28-33(30,31)21-2-1-13-32-21)24-18-11-7-17(8-12-18)23-25-22(26-27-23)16-5-6-16/h1-4,7-13,16,28H,5-6,14H2,(H,24,29)(H,25,26,27). The molecule has 0 aliphatic heterocycles. The van der Waals surface area contributed by atoms with E-state index >= 15 is 0 Å². The molecule has 2 aromatic heterocycles. The second kappa shape index (κ2) is 8.80. The van der Waals surface area contributed by atoms with Crippen LogP contribution in [0.15, 0.2) is 70.3 Å². The molecule has 5 rings (SSSR count). The highest BCUT2D eigenvalue weighted by Gasteiger charge is 2.27. The normalized spacial score (nSPS) is 13.6. The maximum atomic E-state index is 12.4. The van der Waals surface area contributed by atoms with Crippen LogP contribution < -0.4 is 10.0 Å². The third-order valence-electron chi connectivity index (χ3n) is 5.22. The average Bonchev–Trinajstić information content (AvgIpc) is 3.27. The fourth-order valence-electron chi connectivity index (χ4n) is 3.35. The summed E-state index contributed by atoms with van der Waals surface area (Å²) in [6, 6.07) is 17.4. The van der Waals surface area contributed by atoms with Crippen molar-refractivity contribution in [3.63, 3.8) is 0 Å². The zero-order valence-corrected chi connectivity index (χ0v) is 19.1. The van der Waals surface area contributed by atoms with Gasteiger partial charge in [-0.3, -0.25) is 14.6 Å². The van der Waals surface area contributed by atoms with E-state index in [2.05, 4.69) is 25.2 Å². The van der Waals surface area contributed by atoms with E-state index in [0.717, 1.165) is 41.1 Å². The van der Waals surface area contributed by atoms with Crippen molar-refractivity contribution < 1.29 is 13.2 Å². The number of carbonyl (C=O) groups is 1. The Morgan fingerprint density at radius 3 is 2.42 bits per heavy atom. The van der Waals surface area contributed by atoms with Crippen LogP contribution in [0, 0.1) is 0 Å². The number of hydrogen-bond donors (Lipinski definition) is 3. The zero-order chi connectivity index (χ0) is 22.8. The number of anilines is 2. The number of nitrogens with one attached hydrogen (secondary N) is 3. The summed E-state index contributed by atoms with van der Waals surface area (Å²) in [5, 5.41) is 11.9. The lowest BCUT2D eigenvalue weighted by molar-refractivity contribution is -0.115. The number of aromatic nitrogens is 3. The third kappa shape index (κ3) is 5.12. The Balaban J connectivity index is 1.17. The minimum atomic E-state index is -3.59. The number of thiophene rings is 1. The Morgan fingerprint density at radius 2 is 1.76 bits per heavy atom. The second-order valence-corrected chi connectivity index (χ2v) is 10.7. The van der Waals surface area contributed by atoms with Gasteiger partial charge in [0.2, 0.25) is 5.91 Å². The fourth-order valence-corrected chi connectivity index (χ4v) is 5.40. The van der Waals surface area contributed by atoms with Crippen molar-refractivity contribution >= 4 is 38.6 Å². The summed E-state index contributed by atoms with van der Waals surface area (Å²) in [6.07, 6.45) is 2.49. The van der Waals surface area contributed by atoms with Gasteiger partial charge >= 0.3 is 0 Å². The molecule has 1 fully saturated rings. The molecule has 1 aliphatic carbocycles. The summed E-state index contributed by atoms with van der Waals surface area (Å²) < 4.78 is 27.4. The topological polar surface area (TPSA) is 117 Å². The predicted octanol–water partition coefficient (Wildman–Crippen LogP) is 4.39. The van der Waals surface area contributed by atoms with Gasteiger partial charge in [0.05, 0.1) is 6.42 Å². The van der Waals surface area contributed by atoms with Gasteiger partial charge in [-0.2, -0.15) is 5.10 Å². The number of sulfonamides is 1. The first-order valence-corrected chi connectivity index (χ1v) is 12.8. The van der Waals surface area contributed by atoms with E-state index in [9.17, 15) is 13.2 Å². The number of hydrogen-bond acceptors (Lipinski definition) is 6. The van der Waals surface area contributed by atoms with Crippen LogP contribution in [0.1, 0.15) is 30.1 Å². The van der Waals surface area contributed by atoms with Gasteiger partial charge in [0.15, 0.2) is 5.82 Å². The van der Waals surface area contributed by atoms with Crippen molar-refractivity contribution in [1.29, 1.82) is 0 Å². The van der Waals surface area contributed by atoms with Crippen molar-refractivity contribution in [3.05, 3.63) is 77.4 Å². The van der Waals surface area contributed by atoms with Gasteiger partial charge < -0.3 is 5.32 Å². The zero-order valence-electron chi connectivity index (χ0n) is 17.5. The van der Waals surface area contributed by atoms with E-state index in [-0.39, 0.29) is 16.5 Å². The molecule has 10 heteroatoms. The number of nitrogens with zero attached hydrogens (tertiary/aromatic N) is 2. The molecule has 0 spiro atoms. The molecule has 3 N–H and O–H groups in total. The van der Waals surface area contributed by atoms with Crippen LogP contribution in [0.2, 0.25) is 0 Å². The van der Waals surface area contributed by atoms with Gasteiger partial charge in [-0.1, -0.05) is 18.2 Å². The summed E-state index contributed by atoms with van der Waals surface area (Å²) in [5.41, 5.74) is 2.79. The predicted molar refractivity (Wildman–Crippen MR) is 128 cm³/mol. The van der Waals surface area contributed by atoms with Gasteiger partial charge in [0.25, 0.3) is 10.0 Å². The molecule has 1 saturated carbocycles. The lowest BCUT2D eigenvalue weighted by Gasteiger charge is -2.08. The Labute approximate surface area is 195 Å². The van der Waals surface area contributed by atoms with E-state index in [1.54, 1.807) is 41.8 Å². The van der Waals surface area contributed by atoms with Crippen molar-refractivity contribution in [1.82, 2.24) is 15.2 Å². The smallest absolute Gasteiger partial charge is 0.271 e. The van der Waals surface area contributed by atoms with Crippen molar-refractivity contribution in [2.24, 2.45) is 0 Å². The lowest BCUT2D eigenvalue weighted by atomic mass is 10.1. The first-order valence-electron chi connectivity index (χ1n) is 10.4. The summed E-state index contributed by atoms with van der Waals surface area (Å²) in [7, 11) is -3.59. The first kappa shape index (κ1) is 21.4. The molecule has 1 aliphatic rings. The van der Waals surface area contributed by atoms with E-state index in [1.807, 2.05) is 24.3 Å². The summed E-state index contributed by atoms with van der Waals surface area (Å²) in [5.74, 6) is 1.95. The van der Waals surface area contributed by atoms with E-state index < -0.39 is 10.0 Å². The van der Waals surface area contributed by atoms with Gasteiger partial charge in [0.1, 0.15) is 10.0 Å². The minimum Gasteiger partial charge on any atom is -0.326 e. The number of H-pyrrole nitrogens is 1. The van der Waals surface area contributed by atoms with E-state index in [1.165, 1.54) is 0 Å². The molecular formula is C23H21N5O3S2. The Bertz CT molecular complexity index is 1360. The lowest BCUT2D eigenvalue weighted by Crippen LogP contribution is -2.14. The van der Waals surface area contributed by atoms with Crippen molar-refractivity contribution in [3.8, 4) is 11.4 Å². The Morgan fingerprint density at radius 1 is 1.03 bits per heavy atom. The molecule has 0 unspecified atom stereocenters. The van der Waals surface area contributed by atoms with Crippen LogP contribution in [0.4, 0.5) is 11.4 Å². The van der Waals surface area contributed by atoms with Crippen LogP contribution in [0.25, 0.3) is 11.4 Å². The molecule has 2 aromatic carbocycles. The van der Waals surface area contributed by atoms with Crippen molar-refractivity contribution in [2.75, 3.05) is 10.0 Å². The molecule has 0 atom stereocenters. The molecule has 2 heterocycles. The molecule has 168 valence electrons. The van der Waals surface area contributed by atoms with Crippen LogP contribution in [-0.2, 0) is 21.2 Å². The Hall–Kier alpha value is -3.50. The number of rotatable bonds is 8. The molecule has 0 bridgehead atoms. The quantitative estimate of drug-likeness (QED) is 0.346. The number of benzene rings is 2. The maximum absolute atomic E-state index is 12.4. The van der Waals surface area contributed by atoms with Gasteiger partial charge in [-0.25, -0.2) is 13.4 Å². The van der Waals surface area contributed by atoms with Gasteiger partial charge in [-0.05, 0) is 66.2 Å². The minimum absolute atomic E-state index is 0.163. The molecule has 4 aromatic rings. The number of carbonyl (C=O) groups excluding carboxylic acids is 1. The monoisotopic (exact) mass is 479 g/mol. The largest absolute Gasteiger partial charge is 0.326 e. The fraction of sp³-hybridized carbons (Fsp3) is 0.174. The van der Waals surface area contributed by atoms with E-state index in [4.69, 9.17) is 0 Å². The van der Waals surface area contributed by atoms with Gasteiger partial charge in [-0.15, -0.1) is 11.3 Å². The number of aromatic amines is 1. The highest BCUT2D eigenvalue weighted by atomic mass is 32.2. The second-order valence-electron chi connectivity index (χ2n) is 7.86. The summed E-state index contributed by atoms with van der Waals surface area (Å²) in [4.78, 5) is 17.0. The maximum Gasteiger partial charge on any atom is 0.271 e. The van der Waals surface area contributed by atoms with E-state index in [0.29, 0.717) is 23.1 Å². The van der Waals surface area contributed by atoms with Crippen LogP contribution in [0.3, 0.4) is 0 Å². The number of amides is 1.